The molecule has 104 valence electrons. The molecule has 0 aromatic heterocycles. The molecule has 0 bridgehead atoms. The van der Waals surface area contributed by atoms with Gasteiger partial charge >= 0.3 is 0 Å². The predicted molar refractivity (Wildman–Crippen MR) is 87.5 cm³/mol. The van der Waals surface area contributed by atoms with Crippen molar-refractivity contribution >= 4 is 44.8 Å². The monoisotopic (exact) mass is 352 g/mol. The third kappa shape index (κ3) is 3.14. The van der Waals surface area contributed by atoms with Gasteiger partial charge in [-0.15, -0.1) is 0 Å². The van der Waals surface area contributed by atoms with Crippen LogP contribution in [0, 0.1) is 6.92 Å². The van der Waals surface area contributed by atoms with E-state index >= 15 is 0 Å². The standard InChI is InChI=1S/C15H14BrClN2O/c1-9-5-10(7-11(16)6-9)15(20)19(2)14-8-12(17)3-4-13(14)18/h3-8H,18H2,1-2H3. The molecule has 2 aromatic carbocycles. The Morgan fingerprint density at radius 3 is 2.60 bits per heavy atom. The summed E-state index contributed by atoms with van der Waals surface area (Å²) in [5.41, 5.74) is 8.62. The van der Waals surface area contributed by atoms with E-state index < -0.39 is 0 Å². The maximum Gasteiger partial charge on any atom is 0.258 e. The Balaban J connectivity index is 2.39. The van der Waals surface area contributed by atoms with Crippen molar-refractivity contribution in [2.75, 3.05) is 17.7 Å². The Bertz CT molecular complexity index is 653. The van der Waals surface area contributed by atoms with Crippen molar-refractivity contribution in [3.63, 3.8) is 0 Å². The maximum absolute atomic E-state index is 12.5. The number of benzene rings is 2. The van der Waals surface area contributed by atoms with E-state index in [9.17, 15) is 4.79 Å². The minimum absolute atomic E-state index is 0.136. The summed E-state index contributed by atoms with van der Waals surface area (Å²) in [7, 11) is 1.68. The highest BCUT2D eigenvalue weighted by atomic mass is 79.9. The number of rotatable bonds is 2. The third-order valence-electron chi connectivity index (χ3n) is 2.95. The first-order valence-corrected chi connectivity index (χ1v) is 7.16. The van der Waals surface area contributed by atoms with Crippen LogP contribution in [0.5, 0.6) is 0 Å². The van der Waals surface area contributed by atoms with Crippen LogP contribution in [0.15, 0.2) is 40.9 Å². The zero-order chi connectivity index (χ0) is 14.9. The van der Waals surface area contributed by atoms with E-state index in [0.29, 0.717) is 22.0 Å². The highest BCUT2D eigenvalue weighted by molar-refractivity contribution is 9.10. The van der Waals surface area contributed by atoms with Gasteiger partial charge in [-0.05, 0) is 48.9 Å². The molecule has 5 heteroatoms. The zero-order valence-corrected chi connectivity index (χ0v) is 13.5. The molecule has 0 saturated carbocycles. The lowest BCUT2D eigenvalue weighted by Gasteiger charge is -2.20. The fourth-order valence-electron chi connectivity index (χ4n) is 1.97. The fourth-order valence-corrected chi connectivity index (χ4v) is 2.74. The quantitative estimate of drug-likeness (QED) is 0.820. The van der Waals surface area contributed by atoms with Gasteiger partial charge in [-0.3, -0.25) is 4.79 Å². The Kier molecular flexibility index (Phi) is 4.35. The number of aryl methyl sites for hydroxylation is 1. The van der Waals surface area contributed by atoms with E-state index in [4.69, 9.17) is 17.3 Å². The molecule has 2 rings (SSSR count). The van der Waals surface area contributed by atoms with Gasteiger partial charge in [0.25, 0.3) is 5.91 Å². The van der Waals surface area contributed by atoms with Crippen LogP contribution in [0.4, 0.5) is 11.4 Å². The summed E-state index contributed by atoms with van der Waals surface area (Å²) in [6.07, 6.45) is 0. The largest absolute Gasteiger partial charge is 0.397 e. The molecule has 20 heavy (non-hydrogen) atoms. The number of halogens is 2. The number of nitrogen functional groups attached to an aromatic ring is 1. The van der Waals surface area contributed by atoms with E-state index in [0.717, 1.165) is 10.0 Å². The highest BCUT2D eigenvalue weighted by Crippen LogP contribution is 2.27. The smallest absolute Gasteiger partial charge is 0.258 e. The SMILES string of the molecule is Cc1cc(Br)cc(C(=O)N(C)c2cc(Cl)ccc2N)c1. The second-order valence-electron chi connectivity index (χ2n) is 4.58. The fraction of sp³-hybridized carbons (Fsp3) is 0.133. The molecule has 1 amide bonds. The molecule has 0 saturated heterocycles. The lowest BCUT2D eigenvalue weighted by Crippen LogP contribution is -2.27. The summed E-state index contributed by atoms with van der Waals surface area (Å²) < 4.78 is 0.869. The number of nitrogens with two attached hydrogens (primary N) is 1. The third-order valence-corrected chi connectivity index (χ3v) is 3.64. The average molecular weight is 354 g/mol. The number of nitrogens with zero attached hydrogens (tertiary/aromatic N) is 1. The molecule has 0 aliphatic carbocycles. The number of carbonyl (C=O) groups excluding carboxylic acids is 1. The number of carbonyl (C=O) groups is 1. The van der Waals surface area contributed by atoms with Crippen molar-refractivity contribution in [3.8, 4) is 0 Å². The van der Waals surface area contributed by atoms with Gasteiger partial charge in [0, 0.05) is 22.1 Å². The number of anilines is 2. The van der Waals surface area contributed by atoms with Crippen LogP contribution in [0.25, 0.3) is 0 Å². The molecule has 0 atom stereocenters. The molecule has 0 heterocycles. The van der Waals surface area contributed by atoms with E-state index in [-0.39, 0.29) is 5.91 Å². The molecule has 0 spiro atoms. The van der Waals surface area contributed by atoms with Crippen molar-refractivity contribution in [2.24, 2.45) is 0 Å². The molecule has 0 radical (unpaired) electrons. The van der Waals surface area contributed by atoms with Gasteiger partial charge in [0.05, 0.1) is 11.4 Å². The summed E-state index contributed by atoms with van der Waals surface area (Å²) in [6, 6.07) is 10.6. The number of hydrogen-bond donors (Lipinski definition) is 1. The topological polar surface area (TPSA) is 46.3 Å². The molecular weight excluding hydrogens is 340 g/mol. The molecule has 0 aliphatic rings. The van der Waals surface area contributed by atoms with Crippen molar-refractivity contribution in [1.29, 1.82) is 0 Å². The second kappa shape index (κ2) is 5.85. The lowest BCUT2D eigenvalue weighted by atomic mass is 10.1. The summed E-state index contributed by atoms with van der Waals surface area (Å²) in [5.74, 6) is -0.136. The van der Waals surface area contributed by atoms with Crippen molar-refractivity contribution in [2.45, 2.75) is 6.92 Å². The molecule has 0 aliphatic heterocycles. The van der Waals surface area contributed by atoms with Crippen LogP contribution in [0.3, 0.4) is 0 Å². The van der Waals surface area contributed by atoms with Crippen LogP contribution >= 0.6 is 27.5 Å². The predicted octanol–water partition coefficient (Wildman–Crippen LogP) is 4.27. The van der Waals surface area contributed by atoms with Crippen LogP contribution in [-0.2, 0) is 0 Å². The summed E-state index contributed by atoms with van der Waals surface area (Å²) in [5, 5.41) is 0.541. The molecule has 0 fully saturated rings. The van der Waals surface area contributed by atoms with Crippen LogP contribution in [-0.4, -0.2) is 13.0 Å². The summed E-state index contributed by atoms with van der Waals surface area (Å²) >= 11 is 9.36. The maximum atomic E-state index is 12.5. The summed E-state index contributed by atoms with van der Waals surface area (Å²) in [4.78, 5) is 14.0. The zero-order valence-electron chi connectivity index (χ0n) is 11.2. The van der Waals surface area contributed by atoms with Gasteiger partial charge < -0.3 is 10.6 Å². The van der Waals surface area contributed by atoms with Gasteiger partial charge in [0.1, 0.15) is 0 Å². The normalized spacial score (nSPS) is 10.4. The average Bonchev–Trinajstić information content (AvgIpc) is 2.38. The Morgan fingerprint density at radius 1 is 1.25 bits per heavy atom. The molecule has 0 unspecified atom stereocenters. The van der Waals surface area contributed by atoms with E-state index in [1.54, 1.807) is 31.3 Å². The van der Waals surface area contributed by atoms with Crippen LogP contribution in [0.1, 0.15) is 15.9 Å². The summed E-state index contributed by atoms with van der Waals surface area (Å²) in [6.45, 7) is 1.94. The Hall–Kier alpha value is -1.52. The number of hydrogen-bond acceptors (Lipinski definition) is 2. The van der Waals surface area contributed by atoms with E-state index in [1.807, 2.05) is 19.1 Å². The second-order valence-corrected chi connectivity index (χ2v) is 5.94. The minimum atomic E-state index is -0.136. The van der Waals surface area contributed by atoms with Crippen molar-refractivity contribution in [3.05, 3.63) is 57.0 Å². The Morgan fingerprint density at radius 2 is 1.95 bits per heavy atom. The van der Waals surface area contributed by atoms with Gasteiger partial charge in [0.2, 0.25) is 0 Å². The van der Waals surface area contributed by atoms with Gasteiger partial charge in [-0.2, -0.15) is 0 Å². The van der Waals surface area contributed by atoms with Crippen LogP contribution in [0.2, 0.25) is 5.02 Å². The van der Waals surface area contributed by atoms with Crippen molar-refractivity contribution in [1.82, 2.24) is 0 Å². The Labute approximate surface area is 131 Å². The van der Waals surface area contributed by atoms with Gasteiger partial charge in [-0.25, -0.2) is 0 Å². The van der Waals surface area contributed by atoms with E-state index in [1.165, 1.54) is 4.90 Å². The lowest BCUT2D eigenvalue weighted by molar-refractivity contribution is 0.0993. The van der Waals surface area contributed by atoms with Gasteiger partial charge in [-0.1, -0.05) is 27.5 Å². The first-order chi connectivity index (χ1) is 9.38. The molecule has 2 aromatic rings. The molecular formula is C15H14BrClN2O. The first-order valence-electron chi connectivity index (χ1n) is 5.99. The molecule has 3 nitrogen and oxygen atoms in total. The van der Waals surface area contributed by atoms with E-state index in [2.05, 4.69) is 15.9 Å². The first kappa shape index (κ1) is 14.9. The number of amides is 1. The van der Waals surface area contributed by atoms with Gasteiger partial charge in [0.15, 0.2) is 0 Å². The van der Waals surface area contributed by atoms with Crippen molar-refractivity contribution < 1.29 is 4.79 Å². The van der Waals surface area contributed by atoms with Crippen LogP contribution < -0.4 is 10.6 Å². The molecule has 2 N–H and O–H groups in total. The highest BCUT2D eigenvalue weighted by Gasteiger charge is 2.16. The minimum Gasteiger partial charge on any atom is -0.397 e.